The van der Waals surface area contributed by atoms with Crippen LogP contribution in [0.1, 0.15) is 22.8 Å². The fourth-order valence-electron chi connectivity index (χ4n) is 3.13. The summed E-state index contributed by atoms with van der Waals surface area (Å²) in [6, 6.07) is 9.70. The lowest BCUT2D eigenvalue weighted by Gasteiger charge is -2.11. The van der Waals surface area contributed by atoms with Crippen molar-refractivity contribution in [2.24, 2.45) is 0 Å². The highest BCUT2D eigenvalue weighted by Gasteiger charge is 2.18. The van der Waals surface area contributed by atoms with Gasteiger partial charge < -0.3 is 14.8 Å². The maximum Gasteiger partial charge on any atom is 0.338 e. The van der Waals surface area contributed by atoms with Crippen LogP contribution in [0.3, 0.4) is 0 Å². The number of rotatable bonds is 7. The highest BCUT2D eigenvalue weighted by atomic mass is 19.1. The highest BCUT2D eigenvalue weighted by molar-refractivity contribution is 5.97. The van der Waals surface area contributed by atoms with Gasteiger partial charge in [0, 0.05) is 12.1 Å². The fraction of sp³-hybridized carbons (Fsp3) is 0.174. The fourth-order valence-corrected chi connectivity index (χ4v) is 3.13. The standard InChI is InChI=1S/C23H19F2N5O3/c1-3-33-21-19-20(29-23(30-21)27-11-13-4-6-14(24)7-5-13)26-12-18(28-19)17-10-15(25)8-9-16(17)22(31)32-2/h4-10,12H,3,11H2,1-2H3,(H,26,27,29,30). The minimum Gasteiger partial charge on any atom is -0.476 e. The molecule has 0 spiro atoms. The van der Waals surface area contributed by atoms with Crippen molar-refractivity contribution in [1.82, 2.24) is 19.9 Å². The van der Waals surface area contributed by atoms with Gasteiger partial charge >= 0.3 is 5.97 Å². The van der Waals surface area contributed by atoms with Gasteiger partial charge in [0.1, 0.15) is 11.6 Å². The molecule has 0 aliphatic rings. The zero-order valence-electron chi connectivity index (χ0n) is 17.8. The molecule has 168 valence electrons. The van der Waals surface area contributed by atoms with Crippen molar-refractivity contribution < 1.29 is 23.0 Å². The van der Waals surface area contributed by atoms with Crippen molar-refractivity contribution in [2.75, 3.05) is 19.0 Å². The number of fused-ring (bicyclic) bond motifs is 1. The van der Waals surface area contributed by atoms with E-state index in [1.54, 1.807) is 19.1 Å². The van der Waals surface area contributed by atoms with E-state index >= 15 is 0 Å². The summed E-state index contributed by atoms with van der Waals surface area (Å²) in [6.07, 6.45) is 1.38. The van der Waals surface area contributed by atoms with E-state index < -0.39 is 11.8 Å². The Morgan fingerprint density at radius 2 is 1.79 bits per heavy atom. The number of halogens is 2. The van der Waals surface area contributed by atoms with Crippen molar-refractivity contribution in [3.8, 4) is 17.1 Å². The highest BCUT2D eigenvalue weighted by Crippen LogP contribution is 2.28. The molecule has 2 heterocycles. The Labute approximate surface area is 187 Å². The predicted molar refractivity (Wildman–Crippen MR) is 117 cm³/mol. The van der Waals surface area contributed by atoms with Gasteiger partial charge in [0.15, 0.2) is 11.2 Å². The van der Waals surface area contributed by atoms with E-state index in [1.165, 1.54) is 37.6 Å². The van der Waals surface area contributed by atoms with Gasteiger partial charge in [-0.2, -0.15) is 9.97 Å². The number of carbonyl (C=O) groups excluding carboxylic acids is 1. The molecular weight excluding hydrogens is 432 g/mol. The molecule has 0 bridgehead atoms. The summed E-state index contributed by atoms with van der Waals surface area (Å²) in [5.41, 5.74) is 1.93. The molecule has 0 unspecified atom stereocenters. The summed E-state index contributed by atoms with van der Waals surface area (Å²) in [7, 11) is 1.24. The molecule has 0 aliphatic heterocycles. The summed E-state index contributed by atoms with van der Waals surface area (Å²) < 4.78 is 37.5. The van der Waals surface area contributed by atoms with Crippen LogP contribution in [-0.4, -0.2) is 39.6 Å². The zero-order valence-corrected chi connectivity index (χ0v) is 17.8. The number of aromatic nitrogens is 4. The van der Waals surface area contributed by atoms with Gasteiger partial charge in [0.05, 0.1) is 31.2 Å². The Morgan fingerprint density at radius 1 is 1.03 bits per heavy atom. The van der Waals surface area contributed by atoms with Gasteiger partial charge in [0.25, 0.3) is 0 Å². The number of methoxy groups -OCH3 is 1. The summed E-state index contributed by atoms with van der Waals surface area (Å²) in [5, 5.41) is 3.05. The first-order chi connectivity index (χ1) is 16.0. The third-order valence-corrected chi connectivity index (χ3v) is 4.68. The third-order valence-electron chi connectivity index (χ3n) is 4.68. The second kappa shape index (κ2) is 9.51. The Bertz CT molecular complexity index is 1320. The summed E-state index contributed by atoms with van der Waals surface area (Å²) in [5.74, 6) is -1.07. The molecule has 1 N–H and O–H groups in total. The van der Waals surface area contributed by atoms with Crippen LogP contribution in [-0.2, 0) is 11.3 Å². The molecule has 8 nitrogen and oxygen atoms in total. The molecule has 10 heteroatoms. The van der Waals surface area contributed by atoms with Crippen molar-refractivity contribution >= 4 is 23.1 Å². The molecule has 2 aromatic carbocycles. The van der Waals surface area contributed by atoms with E-state index in [4.69, 9.17) is 9.47 Å². The van der Waals surface area contributed by atoms with Crippen LogP contribution in [0.5, 0.6) is 5.88 Å². The number of carbonyl (C=O) groups is 1. The Kier molecular flexibility index (Phi) is 6.34. The van der Waals surface area contributed by atoms with Crippen molar-refractivity contribution in [3.63, 3.8) is 0 Å². The molecule has 0 atom stereocenters. The van der Waals surface area contributed by atoms with E-state index in [0.717, 1.165) is 11.6 Å². The van der Waals surface area contributed by atoms with Gasteiger partial charge in [0.2, 0.25) is 11.8 Å². The van der Waals surface area contributed by atoms with Crippen molar-refractivity contribution in [2.45, 2.75) is 13.5 Å². The predicted octanol–water partition coefficient (Wildman–Crippen LogP) is 4.16. The third kappa shape index (κ3) is 4.84. The lowest BCUT2D eigenvalue weighted by Crippen LogP contribution is -2.08. The van der Waals surface area contributed by atoms with Gasteiger partial charge in [-0.05, 0) is 42.8 Å². The van der Waals surface area contributed by atoms with Crippen molar-refractivity contribution in [1.29, 1.82) is 0 Å². The van der Waals surface area contributed by atoms with Crippen LogP contribution in [0.2, 0.25) is 0 Å². The minimum absolute atomic E-state index is 0.143. The summed E-state index contributed by atoms with van der Waals surface area (Å²) in [6.45, 7) is 2.45. The quantitative estimate of drug-likeness (QED) is 0.418. The SMILES string of the molecule is CCOc1nc(NCc2ccc(F)cc2)nc2ncc(-c3cc(F)ccc3C(=O)OC)nc12. The molecule has 0 saturated carbocycles. The Balaban J connectivity index is 1.73. The normalized spacial score (nSPS) is 10.8. The van der Waals surface area contributed by atoms with E-state index in [-0.39, 0.29) is 45.6 Å². The molecular formula is C23H19F2N5O3. The van der Waals surface area contributed by atoms with Crippen molar-refractivity contribution in [3.05, 3.63) is 71.4 Å². The number of hydrogen-bond donors (Lipinski definition) is 1. The van der Waals surface area contributed by atoms with Gasteiger partial charge in [-0.25, -0.2) is 23.5 Å². The average molecular weight is 451 g/mol. The number of benzene rings is 2. The van der Waals surface area contributed by atoms with E-state index in [1.807, 2.05) is 0 Å². The molecule has 0 radical (unpaired) electrons. The number of ether oxygens (including phenoxy) is 2. The Morgan fingerprint density at radius 3 is 2.52 bits per heavy atom. The molecule has 0 saturated heterocycles. The van der Waals surface area contributed by atoms with Crippen LogP contribution in [0.15, 0.2) is 48.7 Å². The molecule has 0 aliphatic carbocycles. The van der Waals surface area contributed by atoms with Crippen LogP contribution in [0, 0.1) is 11.6 Å². The van der Waals surface area contributed by atoms with Crippen LogP contribution < -0.4 is 10.1 Å². The number of esters is 1. The van der Waals surface area contributed by atoms with E-state index in [2.05, 4.69) is 25.3 Å². The average Bonchev–Trinajstić information content (AvgIpc) is 2.83. The van der Waals surface area contributed by atoms with Crippen LogP contribution in [0.4, 0.5) is 14.7 Å². The lowest BCUT2D eigenvalue weighted by molar-refractivity contribution is 0.0601. The molecule has 0 fully saturated rings. The number of nitrogens with zero attached hydrogens (tertiary/aromatic N) is 4. The number of hydrogen-bond acceptors (Lipinski definition) is 8. The van der Waals surface area contributed by atoms with Gasteiger partial charge in [-0.1, -0.05) is 12.1 Å². The minimum atomic E-state index is -0.631. The van der Waals surface area contributed by atoms with E-state index in [0.29, 0.717) is 13.2 Å². The zero-order chi connectivity index (χ0) is 23.4. The number of anilines is 1. The van der Waals surface area contributed by atoms with Crippen LogP contribution >= 0.6 is 0 Å². The molecule has 33 heavy (non-hydrogen) atoms. The first kappa shape index (κ1) is 22.0. The maximum absolute atomic E-state index is 13.9. The first-order valence-corrected chi connectivity index (χ1v) is 10.0. The second-order valence-electron chi connectivity index (χ2n) is 6.87. The lowest BCUT2D eigenvalue weighted by atomic mass is 10.0. The smallest absolute Gasteiger partial charge is 0.338 e. The molecule has 2 aromatic heterocycles. The Hall–Kier alpha value is -4.21. The summed E-state index contributed by atoms with van der Waals surface area (Å²) >= 11 is 0. The molecule has 4 rings (SSSR count). The van der Waals surface area contributed by atoms with E-state index in [9.17, 15) is 13.6 Å². The topological polar surface area (TPSA) is 99.1 Å². The second-order valence-corrected chi connectivity index (χ2v) is 6.87. The molecule has 4 aromatic rings. The first-order valence-electron chi connectivity index (χ1n) is 10.0. The largest absolute Gasteiger partial charge is 0.476 e. The molecule has 0 amide bonds. The van der Waals surface area contributed by atoms with Gasteiger partial charge in [-0.15, -0.1) is 0 Å². The maximum atomic E-state index is 13.9. The van der Waals surface area contributed by atoms with Gasteiger partial charge in [-0.3, -0.25) is 0 Å². The monoisotopic (exact) mass is 451 g/mol. The van der Waals surface area contributed by atoms with Crippen LogP contribution in [0.25, 0.3) is 22.4 Å². The number of nitrogens with one attached hydrogen (secondary N) is 1. The summed E-state index contributed by atoms with van der Waals surface area (Å²) in [4.78, 5) is 29.7.